The van der Waals surface area contributed by atoms with E-state index in [-0.39, 0.29) is 0 Å². The lowest BCUT2D eigenvalue weighted by molar-refractivity contribution is 0.134. The molecular formula is C10H19N3O. The Labute approximate surface area is 85.3 Å². The molecule has 0 saturated carbocycles. The maximum atomic E-state index is 5.41. The lowest BCUT2D eigenvalue weighted by atomic mass is 10.2. The number of rotatable bonds is 5. The minimum absolute atomic E-state index is 0.637. The second kappa shape index (κ2) is 5.00. The van der Waals surface area contributed by atoms with Crippen molar-refractivity contribution in [2.45, 2.75) is 27.4 Å². The molecule has 0 unspecified atom stereocenters. The molecule has 0 aliphatic rings. The van der Waals surface area contributed by atoms with Crippen LogP contribution in [0.5, 0.6) is 0 Å². The van der Waals surface area contributed by atoms with Crippen LogP contribution >= 0.6 is 0 Å². The van der Waals surface area contributed by atoms with Crippen LogP contribution in [0.15, 0.2) is 0 Å². The molecule has 0 radical (unpaired) electrons. The molecule has 0 spiro atoms. The molecule has 1 aromatic rings. The van der Waals surface area contributed by atoms with Crippen LogP contribution in [-0.2, 0) is 18.4 Å². The summed E-state index contributed by atoms with van der Waals surface area (Å²) in [6.45, 7) is 8.36. The van der Waals surface area contributed by atoms with Crippen LogP contribution < -0.4 is 5.32 Å². The third-order valence-electron chi connectivity index (χ3n) is 2.14. The number of aryl methyl sites for hydroxylation is 2. The van der Waals surface area contributed by atoms with Crippen LogP contribution in [-0.4, -0.2) is 22.9 Å². The molecule has 1 N–H and O–H groups in total. The quantitative estimate of drug-likeness (QED) is 0.780. The highest BCUT2D eigenvalue weighted by molar-refractivity contribution is 5.47. The molecular weight excluding hydrogens is 178 g/mol. The maximum Gasteiger partial charge on any atom is 0.129 e. The lowest BCUT2D eigenvalue weighted by Crippen LogP contribution is -2.06. The van der Waals surface area contributed by atoms with Gasteiger partial charge in [-0.05, 0) is 20.8 Å². The fourth-order valence-electron chi connectivity index (χ4n) is 1.47. The van der Waals surface area contributed by atoms with Crippen molar-refractivity contribution in [1.82, 2.24) is 9.78 Å². The van der Waals surface area contributed by atoms with Gasteiger partial charge in [-0.1, -0.05) is 0 Å². The van der Waals surface area contributed by atoms with Gasteiger partial charge in [-0.2, -0.15) is 5.10 Å². The fourth-order valence-corrected chi connectivity index (χ4v) is 1.47. The Morgan fingerprint density at radius 3 is 2.71 bits per heavy atom. The summed E-state index contributed by atoms with van der Waals surface area (Å²) < 4.78 is 7.28. The van der Waals surface area contributed by atoms with Crippen molar-refractivity contribution < 1.29 is 4.74 Å². The first-order valence-corrected chi connectivity index (χ1v) is 5.04. The summed E-state index contributed by atoms with van der Waals surface area (Å²) in [5.41, 5.74) is 2.20. The molecule has 0 aromatic carbocycles. The topological polar surface area (TPSA) is 39.1 Å². The Morgan fingerprint density at radius 2 is 2.14 bits per heavy atom. The predicted molar refractivity (Wildman–Crippen MR) is 57.4 cm³/mol. The molecule has 0 atom stereocenters. The highest BCUT2D eigenvalue weighted by Gasteiger charge is 2.11. The van der Waals surface area contributed by atoms with Crippen molar-refractivity contribution in [3.05, 3.63) is 11.3 Å². The number of hydrogen-bond donors (Lipinski definition) is 1. The van der Waals surface area contributed by atoms with Crippen LogP contribution in [0.25, 0.3) is 0 Å². The van der Waals surface area contributed by atoms with E-state index >= 15 is 0 Å². The van der Waals surface area contributed by atoms with Crippen molar-refractivity contribution in [3.63, 3.8) is 0 Å². The molecule has 1 heterocycles. The van der Waals surface area contributed by atoms with Gasteiger partial charge in [0.15, 0.2) is 0 Å². The Balaban J connectivity index is 2.86. The summed E-state index contributed by atoms with van der Waals surface area (Å²) in [5.74, 6) is 1.07. The maximum absolute atomic E-state index is 5.41. The van der Waals surface area contributed by atoms with Crippen LogP contribution in [0.4, 0.5) is 5.82 Å². The average molecular weight is 197 g/mol. The summed E-state index contributed by atoms with van der Waals surface area (Å²) in [6.07, 6.45) is 0. The molecule has 0 fully saturated rings. The first-order valence-electron chi connectivity index (χ1n) is 5.04. The Morgan fingerprint density at radius 1 is 1.43 bits per heavy atom. The minimum atomic E-state index is 0.637. The van der Waals surface area contributed by atoms with E-state index in [0.717, 1.165) is 30.2 Å². The number of ether oxygens (including phenoxy) is 1. The van der Waals surface area contributed by atoms with Gasteiger partial charge in [-0.3, -0.25) is 4.68 Å². The first kappa shape index (κ1) is 11.0. The number of hydrogen-bond acceptors (Lipinski definition) is 3. The highest BCUT2D eigenvalue weighted by atomic mass is 16.5. The number of aromatic nitrogens is 2. The van der Waals surface area contributed by atoms with Crippen molar-refractivity contribution in [3.8, 4) is 0 Å². The first-order chi connectivity index (χ1) is 6.70. The van der Waals surface area contributed by atoms with E-state index < -0.39 is 0 Å². The summed E-state index contributed by atoms with van der Waals surface area (Å²) in [5, 5.41) is 7.65. The Hall–Kier alpha value is -1.03. The number of nitrogens with one attached hydrogen (secondary N) is 1. The monoisotopic (exact) mass is 197 g/mol. The summed E-state index contributed by atoms with van der Waals surface area (Å²) in [6, 6.07) is 0. The van der Waals surface area contributed by atoms with Crippen molar-refractivity contribution in [2.75, 3.05) is 18.5 Å². The van der Waals surface area contributed by atoms with E-state index in [1.807, 2.05) is 25.6 Å². The van der Waals surface area contributed by atoms with Gasteiger partial charge in [0.1, 0.15) is 5.82 Å². The molecule has 0 aliphatic heterocycles. The zero-order valence-electron chi connectivity index (χ0n) is 9.42. The largest absolute Gasteiger partial charge is 0.377 e. The smallest absolute Gasteiger partial charge is 0.129 e. The molecule has 1 rings (SSSR count). The van der Waals surface area contributed by atoms with Crippen molar-refractivity contribution >= 4 is 5.82 Å². The number of anilines is 1. The van der Waals surface area contributed by atoms with Gasteiger partial charge in [-0.25, -0.2) is 0 Å². The van der Waals surface area contributed by atoms with E-state index in [9.17, 15) is 0 Å². The van der Waals surface area contributed by atoms with Gasteiger partial charge in [0.2, 0.25) is 0 Å². The highest BCUT2D eigenvalue weighted by Crippen LogP contribution is 2.19. The van der Waals surface area contributed by atoms with E-state index in [2.05, 4.69) is 17.3 Å². The van der Waals surface area contributed by atoms with Gasteiger partial charge < -0.3 is 10.1 Å². The normalized spacial score (nSPS) is 10.6. The SMILES string of the molecule is CCNc1c(COCC)c(C)nn1C. The molecule has 4 nitrogen and oxygen atoms in total. The molecule has 0 aliphatic carbocycles. The van der Waals surface area contributed by atoms with Crippen LogP contribution in [0.3, 0.4) is 0 Å². The molecule has 1 aromatic heterocycles. The number of nitrogens with zero attached hydrogens (tertiary/aromatic N) is 2. The van der Waals surface area contributed by atoms with E-state index in [1.165, 1.54) is 0 Å². The second-order valence-corrected chi connectivity index (χ2v) is 3.20. The third kappa shape index (κ3) is 2.26. The lowest BCUT2D eigenvalue weighted by Gasteiger charge is -2.07. The predicted octanol–water partition coefficient (Wildman–Crippen LogP) is 1.70. The average Bonchev–Trinajstić information content (AvgIpc) is 2.40. The second-order valence-electron chi connectivity index (χ2n) is 3.20. The fraction of sp³-hybridized carbons (Fsp3) is 0.700. The van der Waals surface area contributed by atoms with Crippen LogP contribution in [0.2, 0.25) is 0 Å². The van der Waals surface area contributed by atoms with Crippen LogP contribution in [0.1, 0.15) is 25.1 Å². The third-order valence-corrected chi connectivity index (χ3v) is 2.14. The van der Waals surface area contributed by atoms with E-state index in [0.29, 0.717) is 6.61 Å². The summed E-state index contributed by atoms with van der Waals surface area (Å²) in [4.78, 5) is 0. The zero-order valence-corrected chi connectivity index (χ0v) is 9.42. The van der Waals surface area contributed by atoms with Gasteiger partial charge in [0.05, 0.1) is 12.3 Å². The Kier molecular flexibility index (Phi) is 3.95. The van der Waals surface area contributed by atoms with E-state index in [4.69, 9.17) is 4.74 Å². The summed E-state index contributed by atoms with van der Waals surface area (Å²) >= 11 is 0. The standard InChI is InChI=1S/C10H19N3O/c1-5-11-10-9(7-14-6-2)8(3)12-13(10)4/h11H,5-7H2,1-4H3. The molecule has 4 heteroatoms. The molecule has 0 bridgehead atoms. The van der Waals surface area contributed by atoms with Crippen molar-refractivity contribution in [2.24, 2.45) is 7.05 Å². The summed E-state index contributed by atoms with van der Waals surface area (Å²) in [7, 11) is 1.94. The minimum Gasteiger partial charge on any atom is -0.377 e. The zero-order chi connectivity index (χ0) is 10.6. The molecule has 0 amide bonds. The molecule has 0 saturated heterocycles. The van der Waals surface area contributed by atoms with Gasteiger partial charge in [0, 0.05) is 25.8 Å². The van der Waals surface area contributed by atoms with Gasteiger partial charge in [0.25, 0.3) is 0 Å². The van der Waals surface area contributed by atoms with Gasteiger partial charge >= 0.3 is 0 Å². The van der Waals surface area contributed by atoms with Crippen LogP contribution in [0, 0.1) is 6.92 Å². The Bertz CT molecular complexity index is 294. The molecule has 14 heavy (non-hydrogen) atoms. The molecule has 80 valence electrons. The van der Waals surface area contributed by atoms with E-state index in [1.54, 1.807) is 0 Å². The van der Waals surface area contributed by atoms with Crippen molar-refractivity contribution in [1.29, 1.82) is 0 Å². The van der Waals surface area contributed by atoms with Gasteiger partial charge in [-0.15, -0.1) is 0 Å².